The maximum atomic E-state index is 5.60. The zero-order valence-electron chi connectivity index (χ0n) is 12.5. The number of hydrogen-bond acceptors (Lipinski definition) is 3. The normalized spacial score (nSPS) is 22.1. The van der Waals surface area contributed by atoms with Crippen molar-refractivity contribution >= 4 is 5.69 Å². The predicted molar refractivity (Wildman–Crippen MR) is 84.4 cm³/mol. The van der Waals surface area contributed by atoms with E-state index in [-0.39, 0.29) is 0 Å². The van der Waals surface area contributed by atoms with Crippen LogP contribution in [0.1, 0.15) is 25.3 Å². The summed E-state index contributed by atoms with van der Waals surface area (Å²) in [7, 11) is 0. The maximum absolute atomic E-state index is 5.60. The molecule has 1 fully saturated rings. The second-order valence-electron chi connectivity index (χ2n) is 5.86. The third kappa shape index (κ3) is 4.08. The van der Waals surface area contributed by atoms with Crippen molar-refractivity contribution in [3.63, 3.8) is 0 Å². The average molecular weight is 285 g/mol. The molecule has 0 radical (unpaired) electrons. The molecule has 0 amide bonds. The highest BCUT2D eigenvalue weighted by atomic mass is 16.5. The van der Waals surface area contributed by atoms with Crippen LogP contribution in [0.15, 0.2) is 42.7 Å². The van der Waals surface area contributed by atoms with Crippen molar-refractivity contribution in [1.29, 1.82) is 0 Å². The van der Waals surface area contributed by atoms with Crippen LogP contribution in [0, 0.1) is 5.92 Å². The Kier molecular flexibility index (Phi) is 4.55. The topological polar surface area (TPSA) is 39.1 Å². The van der Waals surface area contributed by atoms with Crippen molar-refractivity contribution < 1.29 is 4.74 Å². The van der Waals surface area contributed by atoms with Gasteiger partial charge in [0.15, 0.2) is 0 Å². The zero-order valence-corrected chi connectivity index (χ0v) is 12.5. The van der Waals surface area contributed by atoms with Gasteiger partial charge in [-0.2, -0.15) is 5.10 Å². The summed E-state index contributed by atoms with van der Waals surface area (Å²) in [6.07, 6.45) is 6.51. The standard InChI is InChI=1S/C17H23N3O/c1-14-10-15(6-9-21-14)12-18-17-5-2-4-16(11-17)13-20-8-3-7-19-20/h2-5,7-8,11,14-15,18H,6,9-10,12-13H2,1H3. The van der Waals surface area contributed by atoms with Gasteiger partial charge in [-0.3, -0.25) is 4.68 Å². The molecule has 4 nitrogen and oxygen atoms in total. The van der Waals surface area contributed by atoms with Gasteiger partial charge in [0.25, 0.3) is 0 Å². The Hall–Kier alpha value is -1.81. The van der Waals surface area contributed by atoms with Gasteiger partial charge in [0, 0.05) is 31.2 Å². The fourth-order valence-electron chi connectivity index (χ4n) is 2.90. The molecule has 21 heavy (non-hydrogen) atoms. The van der Waals surface area contributed by atoms with Crippen molar-refractivity contribution in [2.75, 3.05) is 18.5 Å². The molecule has 2 heterocycles. The van der Waals surface area contributed by atoms with Crippen LogP contribution in [0.5, 0.6) is 0 Å². The molecule has 4 heteroatoms. The first-order valence-corrected chi connectivity index (χ1v) is 7.71. The van der Waals surface area contributed by atoms with Crippen LogP contribution in [-0.4, -0.2) is 29.0 Å². The highest BCUT2D eigenvalue weighted by Crippen LogP contribution is 2.21. The minimum absolute atomic E-state index is 0.400. The third-order valence-corrected chi connectivity index (χ3v) is 4.02. The fraction of sp³-hybridized carbons (Fsp3) is 0.471. The van der Waals surface area contributed by atoms with E-state index in [0.29, 0.717) is 12.0 Å². The Morgan fingerprint density at radius 3 is 3.14 bits per heavy atom. The minimum atomic E-state index is 0.400. The Morgan fingerprint density at radius 1 is 1.38 bits per heavy atom. The van der Waals surface area contributed by atoms with E-state index >= 15 is 0 Å². The lowest BCUT2D eigenvalue weighted by Gasteiger charge is -2.27. The van der Waals surface area contributed by atoms with E-state index in [1.165, 1.54) is 11.3 Å². The van der Waals surface area contributed by atoms with Crippen molar-refractivity contribution in [1.82, 2.24) is 9.78 Å². The largest absolute Gasteiger partial charge is 0.385 e. The Bertz CT molecular complexity index is 553. The van der Waals surface area contributed by atoms with Crippen LogP contribution in [0.2, 0.25) is 0 Å². The number of anilines is 1. The first-order chi connectivity index (χ1) is 10.3. The molecule has 1 N–H and O–H groups in total. The van der Waals surface area contributed by atoms with Crippen LogP contribution in [-0.2, 0) is 11.3 Å². The van der Waals surface area contributed by atoms with Crippen molar-refractivity contribution in [2.24, 2.45) is 5.92 Å². The molecule has 0 bridgehead atoms. The molecule has 1 aliphatic rings. The van der Waals surface area contributed by atoms with Gasteiger partial charge in [-0.1, -0.05) is 12.1 Å². The summed E-state index contributed by atoms with van der Waals surface area (Å²) in [6, 6.07) is 10.5. The molecule has 0 aliphatic carbocycles. The third-order valence-electron chi connectivity index (χ3n) is 4.02. The van der Waals surface area contributed by atoms with Crippen LogP contribution >= 0.6 is 0 Å². The molecule has 112 valence electrons. The Morgan fingerprint density at radius 2 is 2.33 bits per heavy atom. The van der Waals surface area contributed by atoms with Crippen LogP contribution in [0.4, 0.5) is 5.69 Å². The smallest absolute Gasteiger partial charge is 0.0660 e. The first-order valence-electron chi connectivity index (χ1n) is 7.71. The number of benzene rings is 1. The van der Waals surface area contributed by atoms with E-state index in [0.717, 1.165) is 32.5 Å². The monoisotopic (exact) mass is 285 g/mol. The second kappa shape index (κ2) is 6.76. The van der Waals surface area contributed by atoms with Gasteiger partial charge < -0.3 is 10.1 Å². The van der Waals surface area contributed by atoms with Gasteiger partial charge in [0.2, 0.25) is 0 Å². The van der Waals surface area contributed by atoms with E-state index in [9.17, 15) is 0 Å². The average Bonchev–Trinajstić information content (AvgIpc) is 2.99. The van der Waals surface area contributed by atoms with E-state index < -0.39 is 0 Å². The first kappa shape index (κ1) is 14.1. The summed E-state index contributed by atoms with van der Waals surface area (Å²) < 4.78 is 7.54. The molecule has 0 saturated carbocycles. The van der Waals surface area contributed by atoms with E-state index in [1.807, 2.05) is 23.1 Å². The predicted octanol–water partition coefficient (Wildman–Crippen LogP) is 3.16. The molecule has 1 aromatic carbocycles. The number of rotatable bonds is 5. The van der Waals surface area contributed by atoms with E-state index in [2.05, 4.69) is 41.6 Å². The lowest BCUT2D eigenvalue weighted by atomic mass is 9.96. The summed E-state index contributed by atoms with van der Waals surface area (Å²) in [5.74, 6) is 0.712. The quantitative estimate of drug-likeness (QED) is 0.917. The molecule has 1 aliphatic heterocycles. The van der Waals surface area contributed by atoms with Gasteiger partial charge in [0.05, 0.1) is 12.6 Å². The molecule has 2 atom stereocenters. The molecular weight excluding hydrogens is 262 g/mol. The van der Waals surface area contributed by atoms with Gasteiger partial charge in [-0.15, -0.1) is 0 Å². The molecule has 0 spiro atoms. The van der Waals surface area contributed by atoms with Crippen molar-refractivity contribution in [3.8, 4) is 0 Å². The fourth-order valence-corrected chi connectivity index (χ4v) is 2.90. The summed E-state index contributed by atoms with van der Waals surface area (Å²) in [4.78, 5) is 0. The van der Waals surface area contributed by atoms with Gasteiger partial charge in [-0.25, -0.2) is 0 Å². The zero-order chi connectivity index (χ0) is 14.5. The number of aromatic nitrogens is 2. The van der Waals surface area contributed by atoms with Gasteiger partial charge >= 0.3 is 0 Å². The van der Waals surface area contributed by atoms with Crippen LogP contribution < -0.4 is 5.32 Å². The second-order valence-corrected chi connectivity index (χ2v) is 5.86. The summed E-state index contributed by atoms with van der Waals surface area (Å²) in [5.41, 5.74) is 2.46. The Labute approximate surface area is 126 Å². The number of nitrogens with one attached hydrogen (secondary N) is 1. The summed E-state index contributed by atoms with van der Waals surface area (Å²) >= 11 is 0. The summed E-state index contributed by atoms with van der Waals surface area (Å²) in [6.45, 7) is 4.90. The van der Waals surface area contributed by atoms with Crippen LogP contribution in [0.3, 0.4) is 0 Å². The molecule has 3 rings (SSSR count). The molecule has 2 unspecified atom stereocenters. The van der Waals surface area contributed by atoms with Gasteiger partial charge in [-0.05, 0) is 49.4 Å². The molecule has 1 saturated heterocycles. The Balaban J connectivity index is 1.55. The minimum Gasteiger partial charge on any atom is -0.385 e. The SMILES string of the molecule is CC1CC(CNc2cccc(Cn3cccn3)c2)CCO1. The van der Waals surface area contributed by atoms with Crippen molar-refractivity contribution in [3.05, 3.63) is 48.3 Å². The number of hydrogen-bond donors (Lipinski definition) is 1. The maximum Gasteiger partial charge on any atom is 0.0660 e. The lowest BCUT2D eigenvalue weighted by Crippen LogP contribution is -2.27. The van der Waals surface area contributed by atoms with E-state index in [1.54, 1.807) is 0 Å². The van der Waals surface area contributed by atoms with Gasteiger partial charge in [0.1, 0.15) is 0 Å². The number of nitrogens with zero attached hydrogens (tertiary/aromatic N) is 2. The highest BCUT2D eigenvalue weighted by molar-refractivity contribution is 5.45. The van der Waals surface area contributed by atoms with Crippen LogP contribution in [0.25, 0.3) is 0 Å². The van der Waals surface area contributed by atoms with E-state index in [4.69, 9.17) is 4.74 Å². The molecular formula is C17H23N3O. The highest BCUT2D eigenvalue weighted by Gasteiger charge is 2.18. The summed E-state index contributed by atoms with van der Waals surface area (Å²) in [5, 5.41) is 7.82. The lowest BCUT2D eigenvalue weighted by molar-refractivity contribution is 0.00558. The van der Waals surface area contributed by atoms with Crippen molar-refractivity contribution in [2.45, 2.75) is 32.4 Å². The molecule has 2 aromatic rings. The number of ether oxygens (including phenoxy) is 1. The molecule has 1 aromatic heterocycles.